The fourth-order valence-electron chi connectivity index (χ4n) is 2.10. The van der Waals surface area contributed by atoms with Gasteiger partial charge < -0.3 is 0 Å². The lowest BCUT2D eigenvalue weighted by molar-refractivity contribution is 0.0926. The Hall–Kier alpha value is -1.68. The van der Waals surface area contributed by atoms with Crippen molar-refractivity contribution in [2.45, 2.75) is 39.7 Å². The summed E-state index contributed by atoms with van der Waals surface area (Å²) in [7, 11) is 0. The summed E-state index contributed by atoms with van der Waals surface area (Å²) in [6.07, 6.45) is 1.51. The van der Waals surface area contributed by atoms with Crippen molar-refractivity contribution in [2.24, 2.45) is 0 Å². The molecular weight excluding hydrogens is 274 g/mol. The zero-order chi connectivity index (χ0) is 14.7. The first kappa shape index (κ1) is 14.7. The second-order valence-corrected chi connectivity index (χ2v) is 5.08. The molecule has 4 nitrogen and oxygen atoms in total. The van der Waals surface area contributed by atoms with Gasteiger partial charge >= 0.3 is 0 Å². The van der Waals surface area contributed by atoms with Crippen molar-refractivity contribution < 1.29 is 4.79 Å². The number of carbonyl (C=O) groups is 1. The standard InChI is InChI=1S/C15H18ClN3O/c1-4-13-17-14(5-2)19(18-13)10(3)15(20)11-7-6-8-12(16)9-11/h6-10H,4-5H2,1-3H3. The number of aromatic nitrogens is 3. The number of halogens is 1. The van der Waals surface area contributed by atoms with Crippen LogP contribution in [0.15, 0.2) is 24.3 Å². The molecule has 106 valence electrons. The van der Waals surface area contributed by atoms with Crippen LogP contribution in [-0.2, 0) is 12.8 Å². The van der Waals surface area contributed by atoms with Crippen molar-refractivity contribution in [1.29, 1.82) is 0 Å². The van der Waals surface area contributed by atoms with E-state index in [4.69, 9.17) is 11.6 Å². The van der Waals surface area contributed by atoms with Gasteiger partial charge in [-0.15, -0.1) is 0 Å². The van der Waals surface area contributed by atoms with Crippen molar-refractivity contribution in [3.63, 3.8) is 0 Å². The normalized spacial score (nSPS) is 12.4. The van der Waals surface area contributed by atoms with E-state index in [9.17, 15) is 4.79 Å². The molecule has 0 saturated carbocycles. The van der Waals surface area contributed by atoms with Gasteiger partial charge in [0, 0.05) is 23.4 Å². The summed E-state index contributed by atoms with van der Waals surface area (Å²) < 4.78 is 1.72. The van der Waals surface area contributed by atoms with E-state index in [2.05, 4.69) is 10.1 Å². The minimum absolute atomic E-state index is 0.00486. The summed E-state index contributed by atoms with van der Waals surface area (Å²) in [5.74, 6) is 1.60. The largest absolute Gasteiger partial charge is 0.292 e. The molecule has 0 radical (unpaired) electrons. The Morgan fingerprint density at radius 1 is 1.35 bits per heavy atom. The van der Waals surface area contributed by atoms with Crippen molar-refractivity contribution >= 4 is 17.4 Å². The van der Waals surface area contributed by atoms with Crippen LogP contribution >= 0.6 is 11.6 Å². The molecule has 2 aromatic rings. The predicted octanol–water partition coefficient (Wildman–Crippen LogP) is 3.50. The molecule has 1 aromatic carbocycles. The first-order valence-corrected chi connectivity index (χ1v) is 7.18. The summed E-state index contributed by atoms with van der Waals surface area (Å²) in [5.41, 5.74) is 0.598. The summed E-state index contributed by atoms with van der Waals surface area (Å²) in [6.45, 7) is 5.86. The molecule has 5 heteroatoms. The van der Waals surface area contributed by atoms with Crippen LogP contribution in [0, 0.1) is 0 Å². The highest BCUT2D eigenvalue weighted by atomic mass is 35.5. The van der Waals surface area contributed by atoms with Crippen LogP contribution in [0.1, 0.15) is 48.8 Å². The molecule has 1 aromatic heterocycles. The number of hydrogen-bond donors (Lipinski definition) is 0. The van der Waals surface area contributed by atoms with Crippen LogP contribution < -0.4 is 0 Å². The Bertz CT molecular complexity index is 621. The van der Waals surface area contributed by atoms with E-state index in [1.807, 2.05) is 20.8 Å². The third-order valence-electron chi connectivity index (χ3n) is 3.23. The van der Waals surface area contributed by atoms with Crippen LogP contribution in [0.2, 0.25) is 5.02 Å². The van der Waals surface area contributed by atoms with Gasteiger partial charge in [0.25, 0.3) is 0 Å². The van der Waals surface area contributed by atoms with Gasteiger partial charge in [-0.25, -0.2) is 9.67 Å². The highest BCUT2D eigenvalue weighted by molar-refractivity contribution is 6.31. The van der Waals surface area contributed by atoms with Gasteiger partial charge in [0.2, 0.25) is 0 Å². The molecule has 0 spiro atoms. The van der Waals surface area contributed by atoms with Gasteiger partial charge in [0.1, 0.15) is 11.9 Å². The third-order valence-corrected chi connectivity index (χ3v) is 3.47. The SMILES string of the molecule is CCc1nc(CC)n(C(C)C(=O)c2cccc(Cl)c2)n1. The lowest BCUT2D eigenvalue weighted by Crippen LogP contribution is -2.20. The van der Waals surface area contributed by atoms with E-state index >= 15 is 0 Å². The number of hydrogen-bond acceptors (Lipinski definition) is 3. The lowest BCUT2D eigenvalue weighted by Gasteiger charge is -2.13. The fraction of sp³-hybridized carbons (Fsp3) is 0.400. The number of benzene rings is 1. The molecule has 0 aliphatic heterocycles. The van der Waals surface area contributed by atoms with Gasteiger partial charge in [0.05, 0.1) is 0 Å². The van der Waals surface area contributed by atoms with Crippen LogP contribution in [0.3, 0.4) is 0 Å². The minimum atomic E-state index is -0.379. The number of rotatable bonds is 5. The van der Waals surface area contributed by atoms with Gasteiger partial charge in [0.15, 0.2) is 11.6 Å². The van der Waals surface area contributed by atoms with Crippen molar-refractivity contribution in [3.8, 4) is 0 Å². The van der Waals surface area contributed by atoms with Crippen LogP contribution in [-0.4, -0.2) is 20.5 Å². The summed E-state index contributed by atoms with van der Waals surface area (Å²) >= 11 is 5.94. The maximum atomic E-state index is 12.5. The van der Waals surface area contributed by atoms with E-state index < -0.39 is 0 Å². The molecule has 20 heavy (non-hydrogen) atoms. The maximum Gasteiger partial charge on any atom is 0.187 e. The molecule has 1 unspecified atom stereocenters. The van der Waals surface area contributed by atoms with Gasteiger partial charge in [-0.1, -0.05) is 37.6 Å². The Morgan fingerprint density at radius 2 is 2.10 bits per heavy atom. The third kappa shape index (κ3) is 2.90. The highest BCUT2D eigenvalue weighted by Gasteiger charge is 2.21. The number of carbonyl (C=O) groups excluding carboxylic acids is 1. The highest BCUT2D eigenvalue weighted by Crippen LogP contribution is 2.18. The molecule has 0 amide bonds. The molecule has 1 heterocycles. The number of Topliss-reactive ketones (excluding diaryl/α,β-unsaturated/α-hetero) is 1. The summed E-state index contributed by atoms with van der Waals surface area (Å²) in [6, 6.07) is 6.61. The molecule has 2 rings (SSSR count). The average molecular weight is 292 g/mol. The monoisotopic (exact) mass is 291 g/mol. The van der Waals surface area contributed by atoms with Gasteiger partial charge in [-0.2, -0.15) is 5.10 Å². The molecule has 0 fully saturated rings. The van der Waals surface area contributed by atoms with E-state index in [1.165, 1.54) is 0 Å². The van der Waals surface area contributed by atoms with E-state index in [1.54, 1.807) is 28.9 Å². The zero-order valence-electron chi connectivity index (χ0n) is 11.9. The quantitative estimate of drug-likeness (QED) is 0.792. The smallest absolute Gasteiger partial charge is 0.187 e. The zero-order valence-corrected chi connectivity index (χ0v) is 12.7. The number of nitrogens with zero attached hydrogens (tertiary/aromatic N) is 3. The molecule has 0 N–H and O–H groups in total. The Labute approximate surface area is 123 Å². The second kappa shape index (κ2) is 6.18. The van der Waals surface area contributed by atoms with Crippen molar-refractivity contribution in [2.75, 3.05) is 0 Å². The average Bonchev–Trinajstić information content (AvgIpc) is 2.89. The molecule has 0 aliphatic carbocycles. The van der Waals surface area contributed by atoms with Crippen LogP contribution in [0.5, 0.6) is 0 Å². The van der Waals surface area contributed by atoms with Crippen LogP contribution in [0.4, 0.5) is 0 Å². The van der Waals surface area contributed by atoms with Gasteiger partial charge in [-0.05, 0) is 19.1 Å². The van der Waals surface area contributed by atoms with E-state index in [-0.39, 0.29) is 11.8 Å². The molecule has 1 atom stereocenters. The van der Waals surface area contributed by atoms with Crippen molar-refractivity contribution in [1.82, 2.24) is 14.8 Å². The summed E-state index contributed by atoms with van der Waals surface area (Å²) in [5, 5.41) is 4.98. The lowest BCUT2D eigenvalue weighted by atomic mass is 10.1. The Balaban J connectivity index is 2.33. The van der Waals surface area contributed by atoms with E-state index in [0.29, 0.717) is 10.6 Å². The van der Waals surface area contributed by atoms with Crippen LogP contribution in [0.25, 0.3) is 0 Å². The van der Waals surface area contributed by atoms with Gasteiger partial charge in [-0.3, -0.25) is 4.79 Å². The number of ketones is 1. The fourth-order valence-corrected chi connectivity index (χ4v) is 2.29. The molecular formula is C15H18ClN3O. The molecule has 0 aliphatic rings. The topological polar surface area (TPSA) is 47.8 Å². The minimum Gasteiger partial charge on any atom is -0.292 e. The van der Waals surface area contributed by atoms with Crippen molar-refractivity contribution in [3.05, 3.63) is 46.5 Å². The Morgan fingerprint density at radius 3 is 2.70 bits per heavy atom. The first-order valence-electron chi connectivity index (χ1n) is 6.80. The molecule has 0 saturated heterocycles. The van der Waals surface area contributed by atoms with E-state index in [0.717, 1.165) is 24.5 Å². The Kier molecular flexibility index (Phi) is 4.55. The maximum absolute atomic E-state index is 12.5. The molecule has 0 bridgehead atoms. The predicted molar refractivity (Wildman–Crippen MR) is 79.3 cm³/mol. The number of aryl methyl sites for hydroxylation is 2. The second-order valence-electron chi connectivity index (χ2n) is 4.65. The first-order chi connectivity index (χ1) is 9.56. The summed E-state index contributed by atoms with van der Waals surface area (Å²) in [4.78, 5) is 17.0.